The molecule has 0 aliphatic carbocycles. The van der Waals surface area contributed by atoms with Crippen LogP contribution in [0, 0.1) is 0 Å². The third-order valence-electron chi connectivity index (χ3n) is 6.65. The second-order valence-electron chi connectivity index (χ2n) is 12.3. The van der Waals surface area contributed by atoms with Gasteiger partial charge in [-0.25, -0.2) is 9.59 Å². The van der Waals surface area contributed by atoms with Gasteiger partial charge in [-0.3, -0.25) is 47.9 Å². The van der Waals surface area contributed by atoms with E-state index in [0.29, 0.717) is 0 Å². The van der Waals surface area contributed by atoms with E-state index in [2.05, 4.69) is 0 Å². The zero-order valence-corrected chi connectivity index (χ0v) is 34.4. The molecule has 0 fully saturated rings. The summed E-state index contributed by atoms with van der Waals surface area (Å²) in [5, 5.41) is 0. The van der Waals surface area contributed by atoms with Crippen LogP contribution in [0.2, 0.25) is 0 Å². The molecular formula is C35H49NO24. The summed E-state index contributed by atoms with van der Waals surface area (Å²) in [6, 6.07) is -1.49. The van der Waals surface area contributed by atoms with Gasteiger partial charge in [-0.2, -0.15) is 0 Å². The first-order valence-corrected chi connectivity index (χ1v) is 17.5. The normalized spacial score (nSPS) is 15.1. The van der Waals surface area contributed by atoms with Crippen molar-refractivity contribution < 1.29 is 114 Å². The van der Waals surface area contributed by atoms with Gasteiger partial charge in [-0.15, -0.1) is 0 Å². The first-order chi connectivity index (χ1) is 27.7. The zero-order valence-electron chi connectivity index (χ0n) is 34.4. The van der Waals surface area contributed by atoms with E-state index in [9.17, 15) is 57.5 Å². The number of hydrogen-bond donors (Lipinski definition) is 1. The highest BCUT2D eigenvalue weighted by molar-refractivity contribution is 5.81. The van der Waals surface area contributed by atoms with Crippen LogP contribution in [0.4, 0.5) is 0 Å². The van der Waals surface area contributed by atoms with Crippen molar-refractivity contribution in [1.82, 2.24) is 0 Å². The molecule has 0 saturated heterocycles. The maximum atomic E-state index is 13.5. The van der Waals surface area contributed by atoms with E-state index in [-0.39, 0.29) is 0 Å². The Morgan fingerprint density at radius 1 is 0.317 bits per heavy atom. The number of hydrogen-bond acceptors (Lipinski definition) is 25. The Balaban J connectivity index is 6.68. The molecule has 25 heteroatoms. The van der Waals surface area contributed by atoms with Crippen molar-refractivity contribution in [2.45, 2.75) is 124 Å². The SMILES string of the molecule is CC(=O)OC[C@@H](OC(C)=O)[C@@H](OC(C)=O)[C@H](OC(C)=O)[C@@H](OC(C)=O)C(=O)OCC(N)COC(=O)[C@H](OC(C)=O)[C@@H](OC(C)=O)[C@H](OC(C)=O)[C@@H](COC(C)=O)OC(C)=O. The maximum Gasteiger partial charge on any atom is 0.351 e. The van der Waals surface area contributed by atoms with Crippen LogP contribution in [0.5, 0.6) is 0 Å². The molecule has 8 atom stereocenters. The minimum absolute atomic E-state index is 0.812. The summed E-state index contributed by atoms with van der Waals surface area (Å²) < 4.78 is 61.1. The second kappa shape index (κ2) is 26.6. The molecule has 0 saturated carbocycles. The van der Waals surface area contributed by atoms with Crippen LogP contribution in [-0.2, 0) is 114 Å². The lowest BCUT2D eigenvalue weighted by atomic mass is 10.0. The molecule has 0 spiro atoms. The minimum Gasteiger partial charge on any atom is -0.462 e. The maximum absolute atomic E-state index is 13.5. The summed E-state index contributed by atoms with van der Waals surface area (Å²) in [5.74, 6) is -13.7. The number of rotatable bonds is 24. The van der Waals surface area contributed by atoms with Gasteiger partial charge in [0.05, 0.1) is 6.04 Å². The van der Waals surface area contributed by atoms with Crippen molar-refractivity contribution in [2.24, 2.45) is 5.73 Å². The van der Waals surface area contributed by atoms with Crippen LogP contribution in [-0.4, -0.2) is 153 Å². The van der Waals surface area contributed by atoms with Gasteiger partial charge in [0, 0.05) is 69.2 Å². The molecule has 0 aliphatic heterocycles. The van der Waals surface area contributed by atoms with E-state index < -0.39 is 153 Å². The van der Waals surface area contributed by atoms with E-state index in [0.717, 1.165) is 69.2 Å². The molecule has 0 unspecified atom stereocenters. The first kappa shape index (κ1) is 53.6. The third kappa shape index (κ3) is 21.9. The predicted molar refractivity (Wildman–Crippen MR) is 188 cm³/mol. The Morgan fingerprint density at radius 2 is 0.567 bits per heavy atom. The van der Waals surface area contributed by atoms with Crippen LogP contribution in [0.25, 0.3) is 0 Å². The molecule has 60 heavy (non-hydrogen) atoms. The van der Waals surface area contributed by atoms with Gasteiger partial charge >= 0.3 is 71.6 Å². The Labute approximate surface area is 342 Å². The fourth-order valence-corrected chi connectivity index (χ4v) is 4.74. The van der Waals surface area contributed by atoms with E-state index in [1.165, 1.54) is 0 Å². The summed E-state index contributed by atoms with van der Waals surface area (Å²) >= 11 is 0. The van der Waals surface area contributed by atoms with Gasteiger partial charge in [0.2, 0.25) is 12.2 Å². The summed E-state index contributed by atoms with van der Waals surface area (Å²) in [5.41, 5.74) is 5.99. The molecule has 2 N–H and O–H groups in total. The Hall–Kier alpha value is -6.40. The van der Waals surface area contributed by atoms with E-state index >= 15 is 0 Å². The van der Waals surface area contributed by atoms with Crippen LogP contribution >= 0.6 is 0 Å². The van der Waals surface area contributed by atoms with Gasteiger partial charge in [0.25, 0.3) is 0 Å². The van der Waals surface area contributed by atoms with Gasteiger partial charge in [0.15, 0.2) is 36.6 Å². The lowest BCUT2D eigenvalue weighted by Gasteiger charge is -2.34. The molecule has 25 nitrogen and oxygen atoms in total. The van der Waals surface area contributed by atoms with Crippen molar-refractivity contribution >= 4 is 71.6 Å². The van der Waals surface area contributed by atoms with Gasteiger partial charge in [-0.05, 0) is 0 Å². The molecule has 0 aromatic rings. The molecule has 0 heterocycles. The average molecular weight is 868 g/mol. The standard InChI is InChI=1S/C35H49NO24/c1-15(37)49-13-26(53-17(3)39)28(55-19(5)41)30(57-21(7)43)32(59-23(9)45)34(47)51-11-25(36)12-52-35(48)33(60-24(10)46)31(58-22(8)44)29(56-20(6)42)27(54-18(4)40)14-50-16(2)38/h25-33H,11-14,36H2,1-10H3/t26-,27-,28-,29-,30+,31+,32-,33-/m1/s1. The van der Waals surface area contributed by atoms with Gasteiger partial charge < -0.3 is 62.6 Å². The fraction of sp³-hybridized carbons (Fsp3) is 0.657. The average Bonchev–Trinajstić information content (AvgIpc) is 3.09. The lowest BCUT2D eigenvalue weighted by Crippen LogP contribution is -2.56. The molecule has 0 amide bonds. The summed E-state index contributed by atoms with van der Waals surface area (Å²) in [6.07, 6.45) is -16.4. The quantitative estimate of drug-likeness (QED) is 0.0808. The lowest BCUT2D eigenvalue weighted by molar-refractivity contribution is -0.209. The monoisotopic (exact) mass is 867 g/mol. The summed E-state index contributed by atoms with van der Waals surface area (Å²) in [4.78, 5) is 147. The highest BCUT2D eigenvalue weighted by Crippen LogP contribution is 2.23. The molecular weight excluding hydrogens is 818 g/mol. The van der Waals surface area contributed by atoms with Gasteiger partial charge in [-0.1, -0.05) is 0 Å². The van der Waals surface area contributed by atoms with Crippen LogP contribution < -0.4 is 5.73 Å². The summed E-state index contributed by atoms with van der Waals surface area (Å²) in [6.45, 7) is 5.54. The van der Waals surface area contributed by atoms with Crippen LogP contribution in [0.15, 0.2) is 0 Å². The molecule has 0 aliphatic rings. The van der Waals surface area contributed by atoms with Crippen molar-refractivity contribution in [3.63, 3.8) is 0 Å². The molecule has 0 bridgehead atoms. The van der Waals surface area contributed by atoms with E-state index in [1.807, 2.05) is 0 Å². The van der Waals surface area contributed by atoms with Gasteiger partial charge in [0.1, 0.15) is 26.4 Å². The fourth-order valence-electron chi connectivity index (χ4n) is 4.74. The van der Waals surface area contributed by atoms with Crippen molar-refractivity contribution in [2.75, 3.05) is 26.4 Å². The topological polar surface area (TPSA) is 342 Å². The van der Waals surface area contributed by atoms with Crippen molar-refractivity contribution in [1.29, 1.82) is 0 Å². The van der Waals surface area contributed by atoms with E-state index in [4.69, 9.17) is 62.6 Å². The number of nitrogens with two attached hydrogens (primary N) is 1. The summed E-state index contributed by atoms with van der Waals surface area (Å²) in [7, 11) is 0. The number of ether oxygens (including phenoxy) is 12. The highest BCUT2D eigenvalue weighted by Gasteiger charge is 2.49. The zero-order chi connectivity index (χ0) is 46.4. The number of esters is 12. The molecule has 0 aromatic heterocycles. The van der Waals surface area contributed by atoms with Crippen molar-refractivity contribution in [3.05, 3.63) is 0 Å². The second-order valence-corrected chi connectivity index (χ2v) is 12.3. The van der Waals surface area contributed by atoms with Crippen LogP contribution in [0.3, 0.4) is 0 Å². The number of carbonyl (C=O) groups is 12. The van der Waals surface area contributed by atoms with Crippen LogP contribution in [0.1, 0.15) is 69.2 Å². The first-order valence-electron chi connectivity index (χ1n) is 17.5. The largest absolute Gasteiger partial charge is 0.462 e. The molecule has 0 radical (unpaired) electrons. The van der Waals surface area contributed by atoms with Crippen molar-refractivity contribution in [3.8, 4) is 0 Å². The number of carbonyl (C=O) groups excluding carboxylic acids is 12. The minimum atomic E-state index is -2.30. The highest BCUT2D eigenvalue weighted by atomic mass is 16.7. The molecule has 0 aromatic carbocycles. The van der Waals surface area contributed by atoms with E-state index in [1.54, 1.807) is 0 Å². The third-order valence-corrected chi connectivity index (χ3v) is 6.65. The Bertz CT molecular complexity index is 1480. The Kier molecular flexibility index (Phi) is 23.7. The molecule has 338 valence electrons. The Morgan fingerprint density at radius 3 is 0.800 bits per heavy atom. The molecule has 0 rings (SSSR count). The smallest absolute Gasteiger partial charge is 0.351 e. The predicted octanol–water partition coefficient (Wildman–Crippen LogP) is -2.02.